The van der Waals surface area contributed by atoms with Crippen molar-refractivity contribution < 1.29 is 27.5 Å². The molecule has 13 heteroatoms. The van der Waals surface area contributed by atoms with Gasteiger partial charge in [0.2, 0.25) is 10.0 Å². The third-order valence-corrected chi connectivity index (χ3v) is 6.97. The number of nitrogens with one attached hydrogen (secondary N) is 1. The molecule has 4 aromatic rings. The molecule has 0 spiro atoms. The van der Waals surface area contributed by atoms with Crippen molar-refractivity contribution in [3.05, 3.63) is 84.2 Å². The molecule has 0 bridgehead atoms. The number of carbonyl (C=O) groups excluding carboxylic acids is 2. The molecule has 0 atom stereocenters. The van der Waals surface area contributed by atoms with Crippen LogP contribution in [0.4, 0.5) is 5.69 Å². The van der Waals surface area contributed by atoms with Crippen molar-refractivity contribution in [2.45, 2.75) is 6.54 Å². The first-order chi connectivity index (χ1) is 18.1. The van der Waals surface area contributed by atoms with E-state index >= 15 is 0 Å². The van der Waals surface area contributed by atoms with Crippen LogP contribution in [0.15, 0.2) is 67.0 Å². The van der Waals surface area contributed by atoms with Crippen LogP contribution in [0.2, 0.25) is 0 Å². The van der Waals surface area contributed by atoms with Gasteiger partial charge in [-0.2, -0.15) is 9.40 Å². The molecular formula is C25H26N6O6S. The van der Waals surface area contributed by atoms with Gasteiger partial charge in [0.15, 0.2) is 5.69 Å². The third kappa shape index (κ3) is 5.74. The quantitative estimate of drug-likeness (QED) is 0.321. The molecule has 12 nitrogen and oxygen atoms in total. The number of rotatable bonds is 9. The molecule has 1 amide bonds. The van der Waals surface area contributed by atoms with E-state index in [2.05, 4.69) is 15.4 Å². The zero-order valence-electron chi connectivity index (χ0n) is 21.2. The molecule has 0 radical (unpaired) electrons. The van der Waals surface area contributed by atoms with Crippen LogP contribution < -0.4 is 10.1 Å². The smallest absolute Gasteiger partial charge is 0.358 e. The number of nitrogens with zero attached hydrogens (tertiary/aromatic N) is 5. The van der Waals surface area contributed by atoms with Gasteiger partial charge in [-0.15, -0.1) is 0 Å². The van der Waals surface area contributed by atoms with Crippen LogP contribution in [0, 0.1) is 0 Å². The summed E-state index contributed by atoms with van der Waals surface area (Å²) >= 11 is 0. The topological polar surface area (TPSA) is 138 Å². The van der Waals surface area contributed by atoms with Gasteiger partial charge >= 0.3 is 5.97 Å². The van der Waals surface area contributed by atoms with E-state index in [0.29, 0.717) is 22.9 Å². The first kappa shape index (κ1) is 26.6. The van der Waals surface area contributed by atoms with Crippen LogP contribution in [0.25, 0.3) is 11.4 Å². The zero-order chi connectivity index (χ0) is 27.4. The number of anilines is 1. The molecule has 2 heterocycles. The summed E-state index contributed by atoms with van der Waals surface area (Å²) in [5.41, 5.74) is 1.88. The molecule has 0 unspecified atom stereocenters. The minimum atomic E-state index is -3.37. The Morgan fingerprint density at radius 2 is 1.68 bits per heavy atom. The van der Waals surface area contributed by atoms with E-state index < -0.39 is 21.9 Å². The highest BCUT2D eigenvalue weighted by molar-refractivity contribution is 7.88. The Morgan fingerprint density at radius 3 is 2.29 bits per heavy atom. The van der Waals surface area contributed by atoms with Crippen molar-refractivity contribution in [2.24, 2.45) is 0 Å². The molecule has 0 saturated heterocycles. The highest BCUT2D eigenvalue weighted by atomic mass is 32.2. The molecule has 0 aliphatic carbocycles. The van der Waals surface area contributed by atoms with Gasteiger partial charge < -0.3 is 19.4 Å². The Hall–Kier alpha value is -4.49. The molecule has 2 aromatic carbocycles. The van der Waals surface area contributed by atoms with Crippen molar-refractivity contribution in [1.29, 1.82) is 0 Å². The Labute approximate surface area is 219 Å². The highest BCUT2D eigenvalue weighted by Crippen LogP contribution is 2.20. The second-order valence-corrected chi connectivity index (χ2v) is 10.3. The van der Waals surface area contributed by atoms with E-state index in [4.69, 9.17) is 9.47 Å². The first-order valence-corrected chi connectivity index (χ1v) is 13.1. The lowest BCUT2D eigenvalue weighted by Crippen LogP contribution is -2.26. The van der Waals surface area contributed by atoms with E-state index in [-0.39, 0.29) is 17.9 Å². The molecule has 1 N–H and O–H groups in total. The number of hydrogen-bond donors (Lipinski definition) is 1. The van der Waals surface area contributed by atoms with Crippen LogP contribution in [0.5, 0.6) is 5.75 Å². The predicted octanol–water partition coefficient (Wildman–Crippen LogP) is 2.50. The van der Waals surface area contributed by atoms with Crippen molar-refractivity contribution in [3.63, 3.8) is 0 Å². The average Bonchev–Trinajstić information content (AvgIpc) is 3.56. The lowest BCUT2D eigenvalue weighted by atomic mass is 10.2. The number of benzene rings is 2. The molecule has 0 aliphatic rings. The maximum Gasteiger partial charge on any atom is 0.358 e. The second-order valence-electron chi connectivity index (χ2n) is 8.25. The number of amides is 1. The molecule has 0 saturated carbocycles. The Balaban J connectivity index is 1.57. The summed E-state index contributed by atoms with van der Waals surface area (Å²) < 4.78 is 37.8. The van der Waals surface area contributed by atoms with E-state index in [1.165, 1.54) is 29.2 Å². The molecule has 38 heavy (non-hydrogen) atoms. The lowest BCUT2D eigenvalue weighted by molar-refractivity contribution is 0.0593. The van der Waals surface area contributed by atoms with E-state index in [9.17, 15) is 18.0 Å². The lowest BCUT2D eigenvalue weighted by Gasteiger charge is -2.15. The normalized spacial score (nSPS) is 11.4. The van der Waals surface area contributed by atoms with Gasteiger partial charge in [-0.1, -0.05) is 0 Å². The number of sulfonamides is 1. The third-order valence-electron chi connectivity index (χ3n) is 5.70. The van der Waals surface area contributed by atoms with Crippen molar-refractivity contribution >= 4 is 27.6 Å². The molecule has 0 fully saturated rings. The fourth-order valence-corrected chi connectivity index (χ4v) is 3.92. The predicted molar refractivity (Wildman–Crippen MR) is 139 cm³/mol. The van der Waals surface area contributed by atoms with Gasteiger partial charge in [-0.3, -0.25) is 4.79 Å². The molecule has 4 rings (SSSR count). The molecule has 0 aliphatic heterocycles. The number of carbonyl (C=O) groups is 2. The van der Waals surface area contributed by atoms with Gasteiger partial charge in [-0.25, -0.2) is 22.9 Å². The minimum Gasteiger partial charge on any atom is -0.497 e. The average molecular weight is 539 g/mol. The standard InChI is InChI=1S/C25H26N6O6S/c1-29(38(4,34)35)16-23-26-13-14-30(23)18-7-5-17(6-8-18)27-24(32)22-15-21(25(33)37-3)28-31(22)19-9-11-20(36-2)12-10-19/h5-15H,16H2,1-4H3,(H,27,32). The van der Waals surface area contributed by atoms with Crippen LogP contribution >= 0.6 is 0 Å². The number of hydrogen-bond acceptors (Lipinski definition) is 8. The zero-order valence-corrected chi connectivity index (χ0v) is 22.0. The number of ether oxygens (including phenoxy) is 2. The summed E-state index contributed by atoms with van der Waals surface area (Å²) in [5.74, 6) is 0.000261. The van der Waals surface area contributed by atoms with Crippen LogP contribution in [0.1, 0.15) is 26.8 Å². The van der Waals surface area contributed by atoms with Gasteiger partial charge in [-0.05, 0) is 48.5 Å². The fraction of sp³-hybridized carbons (Fsp3) is 0.200. The number of imidazole rings is 1. The van der Waals surface area contributed by atoms with Gasteiger partial charge in [0.1, 0.15) is 17.3 Å². The van der Waals surface area contributed by atoms with Gasteiger partial charge in [0, 0.05) is 36.9 Å². The minimum absolute atomic E-state index is 0.0180. The Bertz CT molecular complexity index is 1560. The van der Waals surface area contributed by atoms with E-state index in [1.54, 1.807) is 72.6 Å². The van der Waals surface area contributed by atoms with E-state index in [1.807, 2.05) is 0 Å². The summed E-state index contributed by atoms with van der Waals surface area (Å²) in [4.78, 5) is 29.6. The van der Waals surface area contributed by atoms with Gasteiger partial charge in [0.05, 0.1) is 32.7 Å². The maximum atomic E-state index is 13.2. The van der Waals surface area contributed by atoms with Crippen molar-refractivity contribution in [1.82, 2.24) is 23.6 Å². The van der Waals surface area contributed by atoms with Crippen LogP contribution in [0.3, 0.4) is 0 Å². The number of aromatic nitrogens is 4. The number of esters is 1. The van der Waals surface area contributed by atoms with Crippen molar-refractivity contribution in [3.8, 4) is 17.1 Å². The molecule has 198 valence electrons. The molecular weight excluding hydrogens is 512 g/mol. The van der Waals surface area contributed by atoms with Crippen LogP contribution in [-0.2, 0) is 21.3 Å². The summed E-state index contributed by atoms with van der Waals surface area (Å²) in [6, 6.07) is 15.1. The van der Waals surface area contributed by atoms with Crippen LogP contribution in [-0.4, -0.2) is 71.5 Å². The summed E-state index contributed by atoms with van der Waals surface area (Å²) in [6.07, 6.45) is 4.44. The Kier molecular flexibility index (Phi) is 7.60. The SMILES string of the molecule is COC(=O)c1cc(C(=O)Nc2ccc(-n3ccnc3CN(C)S(C)(=O)=O)cc2)n(-c2ccc(OC)cc2)n1. The first-order valence-electron chi connectivity index (χ1n) is 11.3. The van der Waals surface area contributed by atoms with E-state index in [0.717, 1.165) is 11.9 Å². The van der Waals surface area contributed by atoms with Gasteiger partial charge in [0.25, 0.3) is 5.91 Å². The largest absolute Gasteiger partial charge is 0.497 e. The fourth-order valence-electron chi connectivity index (χ4n) is 3.57. The summed E-state index contributed by atoms with van der Waals surface area (Å²) in [7, 11) is 0.897. The second kappa shape index (κ2) is 10.9. The van der Waals surface area contributed by atoms with Crippen molar-refractivity contribution in [2.75, 3.05) is 32.8 Å². The molecule has 2 aromatic heterocycles. The Morgan fingerprint density at radius 1 is 1.03 bits per heavy atom. The monoisotopic (exact) mass is 538 g/mol. The highest BCUT2D eigenvalue weighted by Gasteiger charge is 2.21. The number of methoxy groups -OCH3 is 2. The summed E-state index contributed by atoms with van der Waals surface area (Å²) in [5, 5.41) is 7.06. The summed E-state index contributed by atoms with van der Waals surface area (Å²) in [6.45, 7) is 0.0994. The maximum absolute atomic E-state index is 13.2.